The van der Waals surface area contributed by atoms with Gasteiger partial charge in [-0.15, -0.1) is 0 Å². The lowest BCUT2D eigenvalue weighted by Gasteiger charge is -2.29. The molecule has 10 nitrogen and oxygen atoms in total. The minimum absolute atomic E-state index is 0.145. The van der Waals surface area contributed by atoms with Crippen molar-refractivity contribution >= 4 is 29.2 Å². The van der Waals surface area contributed by atoms with E-state index in [2.05, 4.69) is 16.0 Å². The first-order valence-electron chi connectivity index (χ1n) is 16.0. The normalized spacial score (nSPS) is 17.6. The maximum atomic E-state index is 14.0. The lowest BCUT2D eigenvalue weighted by Crippen LogP contribution is -2.51. The number of aryl methyl sites for hydroxylation is 1. The van der Waals surface area contributed by atoms with Crippen molar-refractivity contribution in [2.75, 3.05) is 43.1 Å². The summed E-state index contributed by atoms with van der Waals surface area (Å²) in [6.07, 6.45) is 0.819. The molecule has 0 unspecified atom stereocenters. The molecule has 1 saturated heterocycles. The van der Waals surface area contributed by atoms with Gasteiger partial charge < -0.3 is 35.6 Å². The van der Waals surface area contributed by atoms with Crippen molar-refractivity contribution < 1.29 is 24.2 Å². The number of fused-ring (bicyclic) bond motifs is 1. The molecule has 4 N–H and O–H groups in total. The third-order valence-electron chi connectivity index (χ3n) is 8.44. The number of benzene rings is 3. The number of nitrogens with one attached hydrogen (secondary N) is 3. The van der Waals surface area contributed by atoms with Gasteiger partial charge >= 0.3 is 6.03 Å². The fourth-order valence-corrected chi connectivity index (χ4v) is 5.92. The number of morpholine rings is 1. The summed E-state index contributed by atoms with van der Waals surface area (Å²) >= 11 is 0. The van der Waals surface area contributed by atoms with Crippen molar-refractivity contribution in [3.8, 4) is 11.1 Å². The summed E-state index contributed by atoms with van der Waals surface area (Å²) in [6.45, 7) is 8.42. The molecular formula is C36H45N5O5. The van der Waals surface area contributed by atoms with Gasteiger partial charge in [-0.1, -0.05) is 60.7 Å². The predicted octanol–water partition coefficient (Wildman–Crippen LogP) is 4.32. The van der Waals surface area contributed by atoms with Gasteiger partial charge in [0.1, 0.15) is 6.04 Å². The molecule has 46 heavy (non-hydrogen) atoms. The first-order valence-corrected chi connectivity index (χ1v) is 16.0. The van der Waals surface area contributed by atoms with Crippen LogP contribution in [-0.4, -0.2) is 78.4 Å². The Kier molecular flexibility index (Phi) is 10.7. The molecule has 0 bridgehead atoms. The lowest BCUT2D eigenvalue weighted by molar-refractivity contribution is -0.128. The minimum atomic E-state index is -0.659. The highest BCUT2D eigenvalue weighted by molar-refractivity contribution is 6.00. The van der Waals surface area contributed by atoms with Gasteiger partial charge in [0.05, 0.1) is 31.5 Å². The highest BCUT2D eigenvalue weighted by Gasteiger charge is 2.33. The van der Waals surface area contributed by atoms with E-state index in [1.165, 1.54) is 0 Å². The molecule has 2 aliphatic rings. The van der Waals surface area contributed by atoms with Gasteiger partial charge in [-0.05, 0) is 62.4 Å². The standard InChI is InChI=1S/C36H45N5O5/c1-25(42)23-37-36(2,3)22-33(43)38-31-17-16-28-8-4-7-11-32(28)41(34(31)44)24-26-12-14-27(15-13-26)29-9-5-6-10-30(29)39-35(45)40-18-20-46-21-19-40/h4-15,25,31,37,42H,16-24H2,1-3H3,(H,38,43)(H,39,45)/t25-,31-/m1/s1. The Bertz CT molecular complexity index is 1520. The zero-order chi connectivity index (χ0) is 32.7. The van der Waals surface area contributed by atoms with E-state index < -0.39 is 17.7 Å². The van der Waals surface area contributed by atoms with Crippen molar-refractivity contribution in [2.24, 2.45) is 0 Å². The minimum Gasteiger partial charge on any atom is -0.392 e. The summed E-state index contributed by atoms with van der Waals surface area (Å²) < 4.78 is 5.37. The first-order chi connectivity index (χ1) is 22.1. The fraction of sp³-hybridized carbons (Fsp3) is 0.417. The number of nitrogens with zero attached hydrogens (tertiary/aromatic N) is 2. The average Bonchev–Trinajstić information content (AvgIpc) is 3.17. The Morgan fingerprint density at radius 1 is 1.00 bits per heavy atom. The van der Waals surface area contributed by atoms with Gasteiger partial charge in [0, 0.05) is 42.8 Å². The second kappa shape index (κ2) is 14.9. The van der Waals surface area contributed by atoms with E-state index in [0.29, 0.717) is 52.2 Å². The van der Waals surface area contributed by atoms with Gasteiger partial charge in [0.15, 0.2) is 0 Å². The highest BCUT2D eigenvalue weighted by atomic mass is 16.5. The van der Waals surface area contributed by atoms with Crippen molar-refractivity contribution in [3.05, 3.63) is 83.9 Å². The zero-order valence-corrected chi connectivity index (χ0v) is 26.9. The third-order valence-corrected chi connectivity index (χ3v) is 8.44. The Balaban J connectivity index is 1.30. The molecule has 244 valence electrons. The van der Waals surface area contributed by atoms with E-state index in [-0.39, 0.29) is 24.3 Å². The van der Waals surface area contributed by atoms with Crippen LogP contribution < -0.4 is 20.9 Å². The summed E-state index contributed by atoms with van der Waals surface area (Å²) in [4.78, 5) is 43.5. The van der Waals surface area contributed by atoms with Crippen LogP contribution in [0.15, 0.2) is 72.8 Å². The number of hydrogen-bond acceptors (Lipinski definition) is 6. The predicted molar refractivity (Wildman–Crippen MR) is 180 cm³/mol. The van der Waals surface area contributed by atoms with Crippen molar-refractivity contribution in [1.29, 1.82) is 0 Å². The number of rotatable bonds is 10. The molecule has 5 rings (SSSR count). The Labute approximate surface area is 271 Å². The molecule has 0 saturated carbocycles. The SMILES string of the molecule is C[C@@H](O)CNC(C)(C)CC(=O)N[C@@H]1CCc2ccccc2N(Cc2ccc(-c3ccccc3NC(=O)N3CCOCC3)cc2)C1=O. The molecular weight excluding hydrogens is 582 g/mol. The molecule has 0 aromatic heterocycles. The second-order valence-corrected chi connectivity index (χ2v) is 12.8. The van der Waals surface area contributed by atoms with Crippen LogP contribution in [0.3, 0.4) is 0 Å². The number of ether oxygens (including phenoxy) is 1. The number of urea groups is 1. The molecule has 4 amide bonds. The highest BCUT2D eigenvalue weighted by Crippen LogP contribution is 2.31. The van der Waals surface area contributed by atoms with Crippen LogP contribution in [0.1, 0.15) is 44.7 Å². The summed E-state index contributed by atoms with van der Waals surface area (Å²) in [5.74, 6) is -0.357. The molecule has 2 aliphatic heterocycles. The molecule has 2 heterocycles. The smallest absolute Gasteiger partial charge is 0.322 e. The van der Waals surface area contributed by atoms with Gasteiger partial charge in [0.2, 0.25) is 11.8 Å². The topological polar surface area (TPSA) is 123 Å². The van der Waals surface area contributed by atoms with Crippen LogP contribution in [0.5, 0.6) is 0 Å². The Morgan fingerprint density at radius 2 is 1.70 bits per heavy atom. The molecule has 0 radical (unpaired) electrons. The molecule has 10 heteroatoms. The molecule has 0 spiro atoms. The molecule has 1 fully saturated rings. The van der Waals surface area contributed by atoms with Crippen molar-refractivity contribution in [1.82, 2.24) is 15.5 Å². The second-order valence-electron chi connectivity index (χ2n) is 12.8. The fourth-order valence-electron chi connectivity index (χ4n) is 5.92. The van der Waals surface area contributed by atoms with Crippen LogP contribution in [-0.2, 0) is 27.3 Å². The van der Waals surface area contributed by atoms with E-state index in [9.17, 15) is 19.5 Å². The summed E-state index contributed by atoms with van der Waals surface area (Å²) in [5.41, 5.74) is 4.89. The van der Waals surface area contributed by atoms with Crippen LogP contribution >= 0.6 is 0 Å². The Morgan fingerprint density at radius 3 is 2.43 bits per heavy atom. The number of aliphatic hydroxyl groups is 1. The van der Waals surface area contributed by atoms with Crippen LogP contribution in [0.2, 0.25) is 0 Å². The number of amides is 4. The number of carbonyl (C=O) groups is 3. The van der Waals surface area contributed by atoms with Gasteiger partial charge in [-0.3, -0.25) is 9.59 Å². The number of β-amino-alcohol motifs (C(OH)–C–C–N with tert-alkyl or cyclic N) is 1. The van der Waals surface area contributed by atoms with Crippen LogP contribution in [0.25, 0.3) is 11.1 Å². The van der Waals surface area contributed by atoms with Crippen LogP contribution in [0, 0.1) is 0 Å². The van der Waals surface area contributed by atoms with Gasteiger partial charge in [-0.25, -0.2) is 4.79 Å². The zero-order valence-electron chi connectivity index (χ0n) is 26.9. The maximum absolute atomic E-state index is 14.0. The number of aliphatic hydroxyl groups excluding tert-OH is 1. The monoisotopic (exact) mass is 627 g/mol. The number of carbonyl (C=O) groups excluding carboxylic acids is 3. The summed E-state index contributed by atoms with van der Waals surface area (Å²) in [6, 6.07) is 22.8. The van der Waals surface area contributed by atoms with Crippen molar-refractivity contribution in [2.45, 2.75) is 64.3 Å². The number of anilines is 2. The van der Waals surface area contributed by atoms with E-state index in [1.54, 1.807) is 16.7 Å². The summed E-state index contributed by atoms with van der Waals surface area (Å²) in [7, 11) is 0. The number of para-hydroxylation sites is 2. The van der Waals surface area contributed by atoms with Gasteiger partial charge in [-0.2, -0.15) is 0 Å². The maximum Gasteiger partial charge on any atom is 0.322 e. The lowest BCUT2D eigenvalue weighted by atomic mass is 9.99. The molecule has 2 atom stereocenters. The molecule has 3 aromatic rings. The molecule has 3 aromatic carbocycles. The largest absolute Gasteiger partial charge is 0.392 e. The first kappa shape index (κ1) is 33.1. The van der Waals surface area contributed by atoms with E-state index in [1.807, 2.05) is 86.6 Å². The third kappa shape index (κ3) is 8.51. The summed E-state index contributed by atoms with van der Waals surface area (Å²) in [5, 5.41) is 18.9. The van der Waals surface area contributed by atoms with E-state index in [4.69, 9.17) is 4.74 Å². The quantitative estimate of drug-likeness (QED) is 0.266. The van der Waals surface area contributed by atoms with Crippen molar-refractivity contribution in [3.63, 3.8) is 0 Å². The van der Waals surface area contributed by atoms with E-state index in [0.717, 1.165) is 33.6 Å². The average molecular weight is 628 g/mol. The van der Waals surface area contributed by atoms with Crippen LogP contribution in [0.4, 0.5) is 16.2 Å². The van der Waals surface area contributed by atoms with E-state index >= 15 is 0 Å². The Hall–Kier alpha value is -4.25. The number of hydrogen-bond donors (Lipinski definition) is 4. The molecule has 0 aliphatic carbocycles. The van der Waals surface area contributed by atoms with Gasteiger partial charge in [0.25, 0.3) is 0 Å².